The maximum absolute atomic E-state index is 8.70. The molecular formula is C7H6Cl2N2OS. The van der Waals surface area contributed by atoms with Crippen LogP contribution in [-0.4, -0.2) is 10.9 Å². The van der Waals surface area contributed by atoms with Gasteiger partial charge in [0.2, 0.25) is 0 Å². The molecule has 0 aromatic carbocycles. The third-order valence-corrected chi connectivity index (χ3v) is 3.69. The van der Waals surface area contributed by atoms with Crippen molar-refractivity contribution in [3.63, 3.8) is 0 Å². The Morgan fingerprint density at radius 3 is 2.77 bits per heavy atom. The number of thiophene rings is 1. The van der Waals surface area contributed by atoms with E-state index < -0.39 is 0 Å². The fraction of sp³-hybridized carbons (Fsp3) is 0.286. The molecule has 0 bridgehead atoms. The standard InChI is InChI=1S/C7H6Cl2N2OS/c8-6-4-2(10)1-3(11-12)5(4)7(9)13-6/h2,12H,1,10H2/b11-3+. The summed E-state index contributed by atoms with van der Waals surface area (Å²) in [5.74, 6) is 0. The van der Waals surface area contributed by atoms with Crippen LogP contribution in [0, 0.1) is 0 Å². The summed E-state index contributed by atoms with van der Waals surface area (Å²) >= 11 is 13.1. The minimum atomic E-state index is -0.197. The van der Waals surface area contributed by atoms with Crippen molar-refractivity contribution >= 4 is 40.3 Å². The van der Waals surface area contributed by atoms with Crippen LogP contribution in [0.25, 0.3) is 0 Å². The Morgan fingerprint density at radius 1 is 1.46 bits per heavy atom. The number of nitrogens with two attached hydrogens (primary N) is 1. The number of fused-ring (bicyclic) bond motifs is 1. The normalized spacial score (nSPS) is 23.9. The van der Waals surface area contributed by atoms with Crippen molar-refractivity contribution in [2.75, 3.05) is 0 Å². The number of halogens is 2. The molecule has 0 saturated heterocycles. The van der Waals surface area contributed by atoms with Crippen LogP contribution >= 0.6 is 34.5 Å². The average Bonchev–Trinajstić information content (AvgIpc) is 2.54. The molecule has 1 aliphatic carbocycles. The largest absolute Gasteiger partial charge is 0.411 e. The fourth-order valence-corrected chi connectivity index (χ4v) is 3.37. The lowest BCUT2D eigenvalue weighted by Crippen LogP contribution is -2.06. The zero-order valence-electron chi connectivity index (χ0n) is 6.42. The van der Waals surface area contributed by atoms with Crippen LogP contribution in [0.15, 0.2) is 5.16 Å². The monoisotopic (exact) mass is 236 g/mol. The minimum absolute atomic E-state index is 0.197. The van der Waals surface area contributed by atoms with Gasteiger partial charge in [-0.1, -0.05) is 28.4 Å². The summed E-state index contributed by atoms with van der Waals surface area (Å²) in [6, 6.07) is -0.197. The lowest BCUT2D eigenvalue weighted by atomic mass is 10.2. The smallest absolute Gasteiger partial charge is 0.104 e. The Kier molecular flexibility index (Phi) is 2.23. The van der Waals surface area contributed by atoms with Gasteiger partial charge in [0.1, 0.15) is 4.34 Å². The second-order valence-corrected chi connectivity index (χ2v) is 5.02. The Bertz CT molecular complexity index is 388. The zero-order chi connectivity index (χ0) is 9.59. The van der Waals surface area contributed by atoms with Gasteiger partial charge >= 0.3 is 0 Å². The van der Waals surface area contributed by atoms with Crippen molar-refractivity contribution < 1.29 is 5.21 Å². The molecule has 1 heterocycles. The topological polar surface area (TPSA) is 58.6 Å². The molecule has 0 aliphatic heterocycles. The van der Waals surface area contributed by atoms with E-state index >= 15 is 0 Å². The molecule has 0 spiro atoms. The number of oxime groups is 1. The van der Waals surface area contributed by atoms with Crippen LogP contribution in [-0.2, 0) is 0 Å². The zero-order valence-corrected chi connectivity index (χ0v) is 8.75. The predicted molar refractivity (Wildman–Crippen MR) is 54.2 cm³/mol. The molecule has 1 atom stereocenters. The van der Waals surface area contributed by atoms with Crippen LogP contribution in [0.4, 0.5) is 0 Å². The van der Waals surface area contributed by atoms with Gasteiger partial charge < -0.3 is 10.9 Å². The van der Waals surface area contributed by atoms with Gasteiger partial charge in [0, 0.05) is 23.6 Å². The molecule has 3 nitrogen and oxygen atoms in total. The van der Waals surface area contributed by atoms with Crippen molar-refractivity contribution in [1.29, 1.82) is 0 Å². The first-order valence-corrected chi connectivity index (χ1v) is 5.17. The van der Waals surface area contributed by atoms with Crippen LogP contribution < -0.4 is 5.73 Å². The van der Waals surface area contributed by atoms with Crippen molar-refractivity contribution in [2.45, 2.75) is 12.5 Å². The Labute approximate surface area is 88.8 Å². The van der Waals surface area contributed by atoms with Gasteiger partial charge in [0.25, 0.3) is 0 Å². The van der Waals surface area contributed by atoms with Gasteiger partial charge in [0.15, 0.2) is 0 Å². The molecule has 1 aromatic rings. The van der Waals surface area contributed by atoms with Crippen molar-refractivity contribution in [1.82, 2.24) is 0 Å². The summed E-state index contributed by atoms with van der Waals surface area (Å²) in [5.41, 5.74) is 7.85. The third kappa shape index (κ3) is 1.25. The highest BCUT2D eigenvalue weighted by molar-refractivity contribution is 7.20. The number of hydrogen-bond donors (Lipinski definition) is 2. The summed E-state index contributed by atoms with van der Waals surface area (Å²) in [7, 11) is 0. The fourth-order valence-electron chi connectivity index (χ4n) is 1.49. The van der Waals surface area contributed by atoms with Crippen molar-refractivity contribution in [2.24, 2.45) is 10.9 Å². The van der Waals surface area contributed by atoms with Gasteiger partial charge in [-0.15, -0.1) is 11.3 Å². The highest BCUT2D eigenvalue weighted by Gasteiger charge is 2.32. The molecular weight excluding hydrogens is 231 g/mol. The van der Waals surface area contributed by atoms with E-state index in [9.17, 15) is 0 Å². The number of rotatable bonds is 0. The van der Waals surface area contributed by atoms with E-state index in [4.69, 9.17) is 34.1 Å². The van der Waals surface area contributed by atoms with E-state index in [1.54, 1.807) is 0 Å². The van der Waals surface area contributed by atoms with Gasteiger partial charge in [-0.3, -0.25) is 0 Å². The summed E-state index contributed by atoms with van der Waals surface area (Å²) in [6.45, 7) is 0. The Morgan fingerprint density at radius 2 is 2.15 bits per heavy atom. The van der Waals surface area contributed by atoms with Crippen LogP contribution in [0.3, 0.4) is 0 Å². The molecule has 0 radical (unpaired) electrons. The Hall–Kier alpha value is -0.290. The summed E-state index contributed by atoms with van der Waals surface area (Å²) in [6.07, 6.45) is 0.494. The highest BCUT2D eigenvalue weighted by Crippen LogP contribution is 2.45. The summed E-state index contributed by atoms with van der Waals surface area (Å²) < 4.78 is 1.13. The Balaban J connectivity index is 2.67. The molecule has 2 rings (SSSR count). The molecule has 1 aliphatic rings. The van der Waals surface area contributed by atoms with Gasteiger partial charge in [-0.05, 0) is 0 Å². The van der Waals surface area contributed by atoms with Gasteiger partial charge in [0.05, 0.1) is 10.0 Å². The second-order valence-electron chi connectivity index (χ2n) is 2.80. The predicted octanol–water partition coefficient (Wildman–Crippen LogP) is 2.64. The maximum Gasteiger partial charge on any atom is 0.104 e. The quantitative estimate of drug-likeness (QED) is 0.538. The van der Waals surface area contributed by atoms with Crippen LogP contribution in [0.1, 0.15) is 23.6 Å². The summed E-state index contributed by atoms with van der Waals surface area (Å²) in [5, 5.41) is 11.9. The molecule has 3 N–H and O–H groups in total. The lowest BCUT2D eigenvalue weighted by Gasteiger charge is -1.99. The molecule has 0 fully saturated rings. The highest BCUT2D eigenvalue weighted by atomic mass is 35.5. The van der Waals surface area contributed by atoms with E-state index in [1.807, 2.05) is 0 Å². The van der Waals surface area contributed by atoms with Crippen molar-refractivity contribution in [3.05, 3.63) is 19.8 Å². The van der Waals surface area contributed by atoms with Gasteiger partial charge in [-0.2, -0.15) is 0 Å². The molecule has 0 saturated carbocycles. The van der Waals surface area contributed by atoms with Crippen molar-refractivity contribution in [3.8, 4) is 0 Å². The first kappa shape index (κ1) is 9.27. The molecule has 1 aromatic heterocycles. The van der Waals surface area contributed by atoms with Crippen LogP contribution in [0.5, 0.6) is 0 Å². The first-order valence-electron chi connectivity index (χ1n) is 3.59. The third-order valence-electron chi connectivity index (χ3n) is 2.05. The van der Waals surface area contributed by atoms with Crippen LogP contribution in [0.2, 0.25) is 8.67 Å². The molecule has 13 heavy (non-hydrogen) atoms. The number of nitrogens with zero attached hydrogens (tertiary/aromatic N) is 1. The maximum atomic E-state index is 8.70. The van der Waals surface area contributed by atoms with E-state index in [-0.39, 0.29) is 6.04 Å². The van der Waals surface area contributed by atoms with E-state index in [1.165, 1.54) is 11.3 Å². The number of hydrogen-bond acceptors (Lipinski definition) is 4. The first-order chi connectivity index (χ1) is 6.15. The van der Waals surface area contributed by atoms with E-state index in [2.05, 4.69) is 5.16 Å². The molecule has 70 valence electrons. The SMILES string of the molecule is NC1C/C(=N\O)c2c(Cl)sc(Cl)c21. The lowest BCUT2D eigenvalue weighted by molar-refractivity contribution is 0.318. The minimum Gasteiger partial charge on any atom is -0.411 e. The average molecular weight is 237 g/mol. The molecule has 1 unspecified atom stereocenters. The van der Waals surface area contributed by atoms with E-state index in [0.29, 0.717) is 26.4 Å². The molecule has 0 amide bonds. The van der Waals surface area contributed by atoms with Gasteiger partial charge in [-0.25, -0.2) is 0 Å². The summed E-state index contributed by atoms with van der Waals surface area (Å²) in [4.78, 5) is 0. The molecule has 6 heteroatoms. The van der Waals surface area contributed by atoms with E-state index in [0.717, 1.165) is 5.56 Å². The second kappa shape index (κ2) is 3.13.